The molecule has 0 atom stereocenters. The number of hydrogen-bond acceptors (Lipinski definition) is 4. The minimum absolute atomic E-state index is 0.106. The number of halogens is 2. The Labute approximate surface area is 248 Å². The van der Waals surface area contributed by atoms with Gasteiger partial charge in [-0.05, 0) is 69.9 Å². The van der Waals surface area contributed by atoms with Crippen molar-refractivity contribution in [2.45, 2.75) is 13.2 Å². The average Bonchev–Trinajstić information content (AvgIpc) is 2.99. The molecule has 0 saturated carbocycles. The Hall–Kier alpha value is -4.76. The summed E-state index contributed by atoms with van der Waals surface area (Å²) in [6, 6.07) is 36.0. The van der Waals surface area contributed by atoms with E-state index in [0.29, 0.717) is 29.4 Å². The Morgan fingerprint density at radius 1 is 0.805 bits per heavy atom. The molecule has 0 fully saturated rings. The van der Waals surface area contributed by atoms with E-state index in [2.05, 4.69) is 5.32 Å². The standard InChI is InChI=1S/C34H24Cl2N2O3/c35-31-18-24(19-32(36)33(31)41-22-26-11-6-10-25-9-4-5-12-30(25)26)17-27(20-37)34(39)38-28-13-15-29(16-14-28)40-21-23-7-2-1-3-8-23/h1-19H,21-22H2,(H,38,39)/b27-17+. The van der Waals surface area contributed by atoms with E-state index in [1.807, 2.05) is 78.9 Å². The number of carbonyl (C=O) groups excluding carboxylic acids is 1. The number of fused-ring (bicyclic) bond motifs is 1. The summed E-state index contributed by atoms with van der Waals surface area (Å²) in [5.74, 6) is 0.430. The molecular weight excluding hydrogens is 555 g/mol. The number of amides is 1. The third-order valence-corrected chi connectivity index (χ3v) is 6.87. The van der Waals surface area contributed by atoms with E-state index in [-0.39, 0.29) is 22.2 Å². The van der Waals surface area contributed by atoms with E-state index in [0.717, 1.165) is 21.9 Å². The van der Waals surface area contributed by atoms with E-state index in [9.17, 15) is 10.1 Å². The van der Waals surface area contributed by atoms with Gasteiger partial charge in [0, 0.05) is 5.69 Å². The van der Waals surface area contributed by atoms with E-state index in [1.165, 1.54) is 6.08 Å². The summed E-state index contributed by atoms with van der Waals surface area (Å²) in [5, 5.41) is 15.1. The summed E-state index contributed by atoms with van der Waals surface area (Å²) >= 11 is 13.0. The molecule has 0 radical (unpaired) electrons. The number of rotatable bonds is 9. The second-order valence-corrected chi connectivity index (χ2v) is 9.98. The fourth-order valence-electron chi connectivity index (χ4n) is 4.26. The van der Waals surface area contributed by atoms with Crippen LogP contribution in [0.2, 0.25) is 10.0 Å². The summed E-state index contributed by atoms with van der Waals surface area (Å²) in [6.07, 6.45) is 1.43. The maximum atomic E-state index is 12.8. The first kappa shape index (κ1) is 27.8. The number of nitrogens with zero attached hydrogens (tertiary/aromatic N) is 1. The fourth-order valence-corrected chi connectivity index (χ4v) is 4.87. The third kappa shape index (κ3) is 7.06. The van der Waals surface area contributed by atoms with E-state index >= 15 is 0 Å². The summed E-state index contributed by atoms with van der Waals surface area (Å²) in [5.41, 5.74) is 2.97. The molecule has 0 aliphatic carbocycles. The lowest BCUT2D eigenvalue weighted by molar-refractivity contribution is -0.112. The number of carbonyl (C=O) groups is 1. The van der Waals surface area contributed by atoms with Gasteiger partial charge < -0.3 is 14.8 Å². The van der Waals surface area contributed by atoms with Gasteiger partial charge in [0.05, 0.1) is 10.0 Å². The highest BCUT2D eigenvalue weighted by Crippen LogP contribution is 2.36. The highest BCUT2D eigenvalue weighted by molar-refractivity contribution is 6.37. The third-order valence-electron chi connectivity index (χ3n) is 6.31. The fraction of sp³-hybridized carbons (Fsp3) is 0.0588. The molecule has 0 saturated heterocycles. The van der Waals surface area contributed by atoms with Crippen molar-refractivity contribution in [3.8, 4) is 17.6 Å². The first-order chi connectivity index (χ1) is 20.0. The number of nitriles is 1. The highest BCUT2D eigenvalue weighted by atomic mass is 35.5. The predicted molar refractivity (Wildman–Crippen MR) is 164 cm³/mol. The molecule has 0 aliphatic rings. The Balaban J connectivity index is 1.24. The number of nitrogens with one attached hydrogen (secondary N) is 1. The molecule has 5 rings (SSSR count). The summed E-state index contributed by atoms with van der Waals surface area (Å²) in [7, 11) is 0. The van der Waals surface area contributed by atoms with Crippen LogP contribution in [0.4, 0.5) is 5.69 Å². The molecule has 0 aliphatic heterocycles. The van der Waals surface area contributed by atoms with E-state index < -0.39 is 5.91 Å². The molecule has 41 heavy (non-hydrogen) atoms. The first-order valence-corrected chi connectivity index (χ1v) is 13.5. The van der Waals surface area contributed by atoms with Crippen LogP contribution in [0.5, 0.6) is 11.5 Å². The van der Waals surface area contributed by atoms with Gasteiger partial charge in [0.15, 0.2) is 5.75 Å². The van der Waals surface area contributed by atoms with Gasteiger partial charge >= 0.3 is 0 Å². The lowest BCUT2D eigenvalue weighted by atomic mass is 10.1. The zero-order valence-corrected chi connectivity index (χ0v) is 23.3. The second kappa shape index (κ2) is 13.1. The van der Waals surface area contributed by atoms with Gasteiger partial charge in [-0.25, -0.2) is 0 Å². The van der Waals surface area contributed by atoms with Gasteiger partial charge in [0.2, 0.25) is 0 Å². The average molecular weight is 579 g/mol. The van der Waals surface area contributed by atoms with Crippen LogP contribution in [-0.4, -0.2) is 5.91 Å². The number of benzene rings is 5. The van der Waals surface area contributed by atoms with Crippen molar-refractivity contribution in [1.29, 1.82) is 5.26 Å². The van der Waals surface area contributed by atoms with Crippen LogP contribution < -0.4 is 14.8 Å². The number of ether oxygens (including phenoxy) is 2. The molecule has 5 aromatic carbocycles. The van der Waals surface area contributed by atoms with Crippen LogP contribution >= 0.6 is 23.2 Å². The van der Waals surface area contributed by atoms with Crippen molar-refractivity contribution in [1.82, 2.24) is 0 Å². The van der Waals surface area contributed by atoms with Gasteiger partial charge in [-0.15, -0.1) is 0 Å². The van der Waals surface area contributed by atoms with Crippen LogP contribution in [0.1, 0.15) is 16.7 Å². The monoisotopic (exact) mass is 578 g/mol. The Kier molecular flexibility index (Phi) is 8.85. The van der Waals surface area contributed by atoms with Gasteiger partial charge in [0.1, 0.15) is 30.6 Å². The predicted octanol–water partition coefficient (Wildman–Crippen LogP) is 8.85. The van der Waals surface area contributed by atoms with Crippen LogP contribution in [0.15, 0.2) is 115 Å². The van der Waals surface area contributed by atoms with Crippen LogP contribution in [0.25, 0.3) is 16.8 Å². The molecule has 0 spiro atoms. The molecular formula is C34H24Cl2N2O3. The number of hydrogen-bond donors (Lipinski definition) is 1. The van der Waals surface area contributed by atoms with Gasteiger partial charge in [0.25, 0.3) is 5.91 Å². The lowest BCUT2D eigenvalue weighted by Gasteiger charge is -2.13. The normalized spacial score (nSPS) is 11.1. The molecule has 1 amide bonds. The smallest absolute Gasteiger partial charge is 0.266 e. The van der Waals surface area contributed by atoms with Crippen LogP contribution in [0, 0.1) is 11.3 Å². The Bertz CT molecular complexity index is 1730. The largest absolute Gasteiger partial charge is 0.489 e. The molecule has 7 heteroatoms. The molecule has 0 aromatic heterocycles. The maximum Gasteiger partial charge on any atom is 0.266 e. The van der Waals surface area contributed by atoms with Crippen LogP contribution in [0.3, 0.4) is 0 Å². The second-order valence-electron chi connectivity index (χ2n) is 9.16. The SMILES string of the molecule is N#C/C(=C\c1cc(Cl)c(OCc2cccc3ccccc23)c(Cl)c1)C(=O)Nc1ccc(OCc2ccccc2)cc1. The first-order valence-electron chi connectivity index (χ1n) is 12.8. The molecule has 202 valence electrons. The van der Waals surface area contributed by atoms with Crippen molar-refractivity contribution in [3.05, 3.63) is 142 Å². The number of anilines is 1. The molecule has 0 unspecified atom stereocenters. The van der Waals surface area contributed by atoms with Gasteiger partial charge in [-0.3, -0.25) is 4.79 Å². The minimum Gasteiger partial charge on any atom is -0.489 e. The summed E-state index contributed by atoms with van der Waals surface area (Å²) in [6.45, 7) is 0.712. The topological polar surface area (TPSA) is 71.3 Å². The van der Waals surface area contributed by atoms with Crippen molar-refractivity contribution in [3.63, 3.8) is 0 Å². The minimum atomic E-state index is -0.561. The Morgan fingerprint density at radius 3 is 2.22 bits per heavy atom. The van der Waals surface area contributed by atoms with E-state index in [4.69, 9.17) is 32.7 Å². The van der Waals surface area contributed by atoms with Gasteiger partial charge in [-0.1, -0.05) is 96.0 Å². The zero-order chi connectivity index (χ0) is 28.6. The van der Waals surface area contributed by atoms with Crippen LogP contribution in [-0.2, 0) is 18.0 Å². The van der Waals surface area contributed by atoms with Crippen molar-refractivity contribution < 1.29 is 14.3 Å². The quantitative estimate of drug-likeness (QED) is 0.140. The van der Waals surface area contributed by atoms with Gasteiger partial charge in [-0.2, -0.15) is 5.26 Å². The Morgan fingerprint density at radius 2 is 1.49 bits per heavy atom. The molecule has 0 bridgehead atoms. The maximum absolute atomic E-state index is 12.8. The molecule has 5 nitrogen and oxygen atoms in total. The molecule has 5 aromatic rings. The molecule has 0 heterocycles. The van der Waals surface area contributed by atoms with Crippen molar-refractivity contribution in [2.24, 2.45) is 0 Å². The summed E-state index contributed by atoms with van der Waals surface area (Å²) < 4.78 is 11.8. The highest BCUT2D eigenvalue weighted by Gasteiger charge is 2.14. The van der Waals surface area contributed by atoms with Crippen molar-refractivity contribution in [2.75, 3.05) is 5.32 Å². The van der Waals surface area contributed by atoms with Crippen molar-refractivity contribution >= 4 is 51.6 Å². The lowest BCUT2D eigenvalue weighted by Crippen LogP contribution is -2.13. The summed E-state index contributed by atoms with van der Waals surface area (Å²) in [4.78, 5) is 12.8. The molecule has 1 N–H and O–H groups in total. The zero-order valence-electron chi connectivity index (χ0n) is 21.8. The van der Waals surface area contributed by atoms with E-state index in [1.54, 1.807) is 36.4 Å².